The second-order valence-corrected chi connectivity index (χ2v) is 6.11. The predicted molar refractivity (Wildman–Crippen MR) is 86.2 cm³/mol. The number of hydrogen-bond donors (Lipinski definition) is 1. The van der Waals surface area contributed by atoms with Gasteiger partial charge in [0, 0.05) is 23.8 Å². The standard InChI is InChI=1S/C15H20ClN3O3/c1-10-4-3-5-11(2)18(10)15(20)9-17-12-6-7-13(16)14(8-12)19(21)22/h6-8,10-11,17H,3-5,9H2,1-2H3. The van der Waals surface area contributed by atoms with Crippen molar-refractivity contribution in [3.05, 3.63) is 33.3 Å². The molecule has 120 valence electrons. The van der Waals surface area contributed by atoms with Crippen LogP contribution in [0.2, 0.25) is 5.02 Å². The van der Waals surface area contributed by atoms with Crippen LogP contribution in [0.5, 0.6) is 0 Å². The van der Waals surface area contributed by atoms with Crippen LogP contribution in [-0.4, -0.2) is 34.4 Å². The first kappa shape index (κ1) is 16.5. The van der Waals surface area contributed by atoms with Crippen molar-refractivity contribution in [2.75, 3.05) is 11.9 Å². The fourth-order valence-electron chi connectivity index (χ4n) is 2.94. The summed E-state index contributed by atoms with van der Waals surface area (Å²) in [6.45, 7) is 4.23. The van der Waals surface area contributed by atoms with Crippen LogP contribution in [-0.2, 0) is 4.79 Å². The Bertz CT molecular complexity index is 569. The van der Waals surface area contributed by atoms with Gasteiger partial charge in [-0.05, 0) is 45.2 Å². The molecule has 0 saturated carbocycles. The molecule has 6 nitrogen and oxygen atoms in total. The maximum atomic E-state index is 12.4. The molecule has 1 aromatic rings. The van der Waals surface area contributed by atoms with E-state index in [0.717, 1.165) is 19.3 Å². The lowest BCUT2D eigenvalue weighted by molar-refractivity contribution is -0.384. The average molecular weight is 326 g/mol. The largest absolute Gasteiger partial charge is 0.376 e. The zero-order valence-electron chi connectivity index (χ0n) is 12.7. The molecule has 1 saturated heterocycles. The Hall–Kier alpha value is -1.82. The van der Waals surface area contributed by atoms with Crippen LogP contribution in [0.3, 0.4) is 0 Å². The van der Waals surface area contributed by atoms with E-state index in [0.29, 0.717) is 5.69 Å². The van der Waals surface area contributed by atoms with Crippen LogP contribution < -0.4 is 5.32 Å². The van der Waals surface area contributed by atoms with Gasteiger partial charge < -0.3 is 10.2 Å². The second kappa shape index (κ2) is 6.96. The van der Waals surface area contributed by atoms with Gasteiger partial charge in [0.1, 0.15) is 5.02 Å². The summed E-state index contributed by atoms with van der Waals surface area (Å²) in [5, 5.41) is 13.9. The zero-order chi connectivity index (χ0) is 16.3. The third-order valence-electron chi connectivity index (χ3n) is 4.07. The number of carbonyl (C=O) groups excluding carboxylic acids is 1. The summed E-state index contributed by atoms with van der Waals surface area (Å²) in [4.78, 5) is 24.6. The van der Waals surface area contributed by atoms with Gasteiger partial charge in [-0.1, -0.05) is 11.6 Å². The number of nitro benzene ring substituents is 1. The molecule has 1 aromatic carbocycles. The summed E-state index contributed by atoms with van der Waals surface area (Å²) < 4.78 is 0. The molecule has 22 heavy (non-hydrogen) atoms. The molecule has 7 heteroatoms. The molecule has 1 heterocycles. The summed E-state index contributed by atoms with van der Waals surface area (Å²) in [6, 6.07) is 4.90. The van der Waals surface area contributed by atoms with E-state index in [1.54, 1.807) is 6.07 Å². The number of halogens is 1. The number of carbonyl (C=O) groups is 1. The quantitative estimate of drug-likeness (QED) is 0.679. The van der Waals surface area contributed by atoms with E-state index in [-0.39, 0.29) is 35.2 Å². The number of nitrogens with one attached hydrogen (secondary N) is 1. The average Bonchev–Trinajstić information content (AvgIpc) is 2.46. The number of hydrogen-bond acceptors (Lipinski definition) is 4. The molecule has 0 radical (unpaired) electrons. The lowest BCUT2D eigenvalue weighted by atomic mass is 9.97. The van der Waals surface area contributed by atoms with Crippen molar-refractivity contribution in [3.63, 3.8) is 0 Å². The summed E-state index contributed by atoms with van der Waals surface area (Å²) >= 11 is 5.77. The molecule has 0 spiro atoms. The van der Waals surface area contributed by atoms with Gasteiger partial charge >= 0.3 is 0 Å². The number of nitrogens with zero attached hydrogens (tertiary/aromatic N) is 2. The van der Waals surface area contributed by atoms with Crippen LogP contribution in [0, 0.1) is 10.1 Å². The highest BCUT2D eigenvalue weighted by Crippen LogP contribution is 2.27. The number of likely N-dealkylation sites (tertiary alicyclic amines) is 1. The van der Waals surface area contributed by atoms with E-state index in [1.165, 1.54) is 12.1 Å². The van der Waals surface area contributed by atoms with Crippen molar-refractivity contribution < 1.29 is 9.72 Å². The Morgan fingerprint density at radius 2 is 2.05 bits per heavy atom. The molecule has 1 fully saturated rings. The first-order valence-electron chi connectivity index (χ1n) is 7.39. The van der Waals surface area contributed by atoms with Crippen molar-refractivity contribution in [2.24, 2.45) is 0 Å². The summed E-state index contributed by atoms with van der Waals surface area (Å²) in [7, 11) is 0. The minimum Gasteiger partial charge on any atom is -0.376 e. The topological polar surface area (TPSA) is 75.5 Å². The van der Waals surface area contributed by atoms with Crippen molar-refractivity contribution in [2.45, 2.75) is 45.2 Å². The highest BCUT2D eigenvalue weighted by atomic mass is 35.5. The first-order chi connectivity index (χ1) is 10.4. The van der Waals surface area contributed by atoms with Gasteiger partial charge in [-0.2, -0.15) is 0 Å². The molecule has 2 atom stereocenters. The summed E-state index contributed by atoms with van der Waals surface area (Å²) in [5.41, 5.74) is 0.348. The molecule has 2 unspecified atom stereocenters. The van der Waals surface area contributed by atoms with Crippen LogP contribution in [0.15, 0.2) is 18.2 Å². The highest BCUT2D eigenvalue weighted by molar-refractivity contribution is 6.32. The zero-order valence-corrected chi connectivity index (χ0v) is 13.5. The normalized spacial score (nSPS) is 21.5. The molecule has 0 aliphatic carbocycles. The smallest absolute Gasteiger partial charge is 0.289 e. The van der Waals surface area contributed by atoms with Crippen molar-refractivity contribution >= 4 is 28.9 Å². The van der Waals surface area contributed by atoms with E-state index < -0.39 is 4.92 Å². The van der Waals surface area contributed by atoms with Gasteiger partial charge in [0.25, 0.3) is 5.69 Å². The Morgan fingerprint density at radius 3 is 2.64 bits per heavy atom. The third kappa shape index (κ3) is 3.68. The van der Waals surface area contributed by atoms with E-state index >= 15 is 0 Å². The molecule has 1 N–H and O–H groups in total. The lowest BCUT2D eigenvalue weighted by Gasteiger charge is -2.39. The van der Waals surface area contributed by atoms with Gasteiger partial charge in [-0.25, -0.2) is 0 Å². The van der Waals surface area contributed by atoms with Gasteiger partial charge in [0.05, 0.1) is 11.5 Å². The SMILES string of the molecule is CC1CCCC(C)N1C(=O)CNc1ccc(Cl)c([N+](=O)[O-])c1. The minimum atomic E-state index is -0.538. The van der Waals surface area contributed by atoms with E-state index in [2.05, 4.69) is 19.2 Å². The van der Waals surface area contributed by atoms with Gasteiger partial charge in [-0.3, -0.25) is 14.9 Å². The number of benzene rings is 1. The molecular formula is C15H20ClN3O3. The van der Waals surface area contributed by atoms with Crippen LogP contribution in [0.25, 0.3) is 0 Å². The predicted octanol–water partition coefficient (Wildman–Crippen LogP) is 3.45. The van der Waals surface area contributed by atoms with Gasteiger partial charge in [-0.15, -0.1) is 0 Å². The van der Waals surface area contributed by atoms with E-state index in [9.17, 15) is 14.9 Å². The maximum Gasteiger partial charge on any atom is 0.289 e. The van der Waals surface area contributed by atoms with Crippen molar-refractivity contribution in [1.29, 1.82) is 0 Å². The fraction of sp³-hybridized carbons (Fsp3) is 0.533. The second-order valence-electron chi connectivity index (χ2n) is 5.71. The number of rotatable bonds is 4. The molecule has 0 bridgehead atoms. The Morgan fingerprint density at radius 1 is 1.41 bits per heavy atom. The van der Waals surface area contributed by atoms with Crippen LogP contribution >= 0.6 is 11.6 Å². The molecule has 2 rings (SSSR count). The fourth-order valence-corrected chi connectivity index (χ4v) is 3.13. The van der Waals surface area contributed by atoms with Gasteiger partial charge in [0.15, 0.2) is 0 Å². The van der Waals surface area contributed by atoms with E-state index in [4.69, 9.17) is 11.6 Å². The molecule has 1 aliphatic rings. The van der Waals surface area contributed by atoms with Gasteiger partial charge in [0.2, 0.25) is 5.91 Å². The van der Waals surface area contributed by atoms with E-state index in [1.807, 2.05) is 4.90 Å². The van der Waals surface area contributed by atoms with Crippen LogP contribution in [0.1, 0.15) is 33.1 Å². The first-order valence-corrected chi connectivity index (χ1v) is 7.77. The monoisotopic (exact) mass is 325 g/mol. The number of nitro groups is 1. The maximum absolute atomic E-state index is 12.4. The molecular weight excluding hydrogens is 306 g/mol. The lowest BCUT2D eigenvalue weighted by Crippen LogP contribution is -2.49. The Kier molecular flexibility index (Phi) is 5.24. The molecule has 1 amide bonds. The summed E-state index contributed by atoms with van der Waals surface area (Å²) in [6.07, 6.45) is 3.17. The molecule has 1 aliphatic heterocycles. The van der Waals surface area contributed by atoms with Crippen LogP contribution in [0.4, 0.5) is 11.4 Å². The molecule has 0 aromatic heterocycles. The third-order valence-corrected chi connectivity index (χ3v) is 4.39. The highest BCUT2D eigenvalue weighted by Gasteiger charge is 2.28. The number of piperidine rings is 1. The Labute approximate surface area is 134 Å². The minimum absolute atomic E-state index is 0.0114. The number of amides is 1. The summed E-state index contributed by atoms with van der Waals surface area (Å²) in [5.74, 6) is 0.0114. The number of anilines is 1. The van der Waals surface area contributed by atoms with Crippen molar-refractivity contribution in [3.8, 4) is 0 Å². The van der Waals surface area contributed by atoms with Crippen molar-refractivity contribution in [1.82, 2.24) is 4.90 Å². The Balaban J connectivity index is 2.02.